The van der Waals surface area contributed by atoms with E-state index in [2.05, 4.69) is 10.5 Å². The predicted molar refractivity (Wildman–Crippen MR) is 95.1 cm³/mol. The monoisotopic (exact) mass is 336 g/mol. The molecule has 0 radical (unpaired) electrons. The summed E-state index contributed by atoms with van der Waals surface area (Å²) in [5, 5.41) is 34.5. The van der Waals surface area contributed by atoms with Crippen molar-refractivity contribution in [3.05, 3.63) is 65.7 Å². The number of aromatic hydroxyl groups is 3. The molecule has 4 N–H and O–H groups in total. The van der Waals surface area contributed by atoms with Gasteiger partial charge in [0.05, 0.1) is 5.71 Å². The number of hydrogen-bond donors (Lipinski definition) is 4. The first-order valence-electron chi connectivity index (χ1n) is 7.54. The number of amides is 1. The highest BCUT2D eigenvalue weighted by molar-refractivity contribution is 6.03. The summed E-state index contributed by atoms with van der Waals surface area (Å²) in [5.41, 5.74) is 3.80. The Kier molecular flexibility index (Phi) is 4.26. The molecular formula is C19H16N2O4. The highest BCUT2D eigenvalue weighted by Gasteiger charge is 2.13. The Morgan fingerprint density at radius 1 is 0.880 bits per heavy atom. The lowest BCUT2D eigenvalue weighted by atomic mass is 10.0. The number of rotatable bonds is 3. The van der Waals surface area contributed by atoms with Crippen LogP contribution < -0.4 is 5.43 Å². The van der Waals surface area contributed by atoms with Crippen LogP contribution in [0.15, 0.2) is 59.7 Å². The van der Waals surface area contributed by atoms with Crippen LogP contribution >= 0.6 is 0 Å². The van der Waals surface area contributed by atoms with Crippen molar-refractivity contribution in [2.75, 3.05) is 0 Å². The third-order valence-electron chi connectivity index (χ3n) is 3.82. The maximum Gasteiger partial charge on any atom is 0.271 e. The van der Waals surface area contributed by atoms with E-state index in [1.165, 1.54) is 0 Å². The molecule has 0 spiro atoms. The lowest BCUT2D eigenvalue weighted by Gasteiger charge is -2.06. The van der Waals surface area contributed by atoms with Crippen molar-refractivity contribution in [1.82, 2.24) is 5.43 Å². The molecule has 0 bridgehead atoms. The van der Waals surface area contributed by atoms with Crippen molar-refractivity contribution in [2.24, 2.45) is 5.10 Å². The van der Waals surface area contributed by atoms with Crippen LogP contribution in [0.2, 0.25) is 0 Å². The smallest absolute Gasteiger partial charge is 0.271 e. The number of carbonyl (C=O) groups is 1. The largest absolute Gasteiger partial charge is 0.504 e. The van der Waals surface area contributed by atoms with Crippen LogP contribution in [0.5, 0.6) is 17.2 Å². The molecule has 0 aliphatic heterocycles. The van der Waals surface area contributed by atoms with Gasteiger partial charge in [0.15, 0.2) is 17.2 Å². The van der Waals surface area contributed by atoms with E-state index in [-0.39, 0.29) is 5.56 Å². The second kappa shape index (κ2) is 6.52. The molecule has 0 aliphatic carbocycles. The first kappa shape index (κ1) is 16.3. The van der Waals surface area contributed by atoms with E-state index in [9.17, 15) is 20.1 Å². The summed E-state index contributed by atoms with van der Waals surface area (Å²) in [6.07, 6.45) is 0. The number of nitrogens with one attached hydrogen (secondary N) is 1. The molecule has 3 rings (SSSR count). The van der Waals surface area contributed by atoms with Crippen LogP contribution in [-0.2, 0) is 0 Å². The molecule has 1 amide bonds. The van der Waals surface area contributed by atoms with E-state index in [0.717, 1.165) is 28.5 Å². The maximum absolute atomic E-state index is 12.1. The number of phenols is 3. The molecule has 0 heterocycles. The molecule has 0 saturated carbocycles. The third-order valence-corrected chi connectivity index (χ3v) is 3.82. The van der Waals surface area contributed by atoms with Crippen LogP contribution in [0.3, 0.4) is 0 Å². The molecule has 3 aromatic carbocycles. The molecule has 6 heteroatoms. The minimum Gasteiger partial charge on any atom is -0.504 e. The fourth-order valence-corrected chi connectivity index (χ4v) is 2.41. The normalized spacial score (nSPS) is 11.5. The Balaban J connectivity index is 1.81. The molecular weight excluding hydrogens is 320 g/mol. The lowest BCUT2D eigenvalue weighted by molar-refractivity contribution is 0.0954. The standard InChI is InChI=1S/C19H16N2O4/c1-11(13-7-6-12-4-2-3-5-14(12)8-13)20-21-19(25)15-9-16(22)18(24)17(23)10-15/h2-10,22-24H,1H3,(H,21,25)/b20-11+. The van der Waals surface area contributed by atoms with Crippen LogP contribution in [0.4, 0.5) is 0 Å². The van der Waals surface area contributed by atoms with Gasteiger partial charge in [-0.3, -0.25) is 4.79 Å². The summed E-state index contributed by atoms with van der Waals surface area (Å²) in [5.74, 6) is -2.46. The van der Waals surface area contributed by atoms with Crippen LogP contribution in [0.1, 0.15) is 22.8 Å². The van der Waals surface area contributed by atoms with E-state index in [1.54, 1.807) is 6.92 Å². The van der Waals surface area contributed by atoms with Gasteiger partial charge < -0.3 is 15.3 Å². The number of benzene rings is 3. The summed E-state index contributed by atoms with van der Waals surface area (Å²) >= 11 is 0. The summed E-state index contributed by atoms with van der Waals surface area (Å²) < 4.78 is 0. The Hall–Kier alpha value is -3.54. The van der Waals surface area contributed by atoms with Gasteiger partial charge in [-0.05, 0) is 41.5 Å². The molecule has 0 atom stereocenters. The van der Waals surface area contributed by atoms with E-state index < -0.39 is 23.2 Å². The zero-order valence-electron chi connectivity index (χ0n) is 13.4. The molecule has 0 aliphatic rings. The van der Waals surface area contributed by atoms with Crippen molar-refractivity contribution in [2.45, 2.75) is 6.92 Å². The number of carbonyl (C=O) groups excluding carboxylic acids is 1. The summed E-state index contributed by atoms with van der Waals surface area (Å²) in [6.45, 7) is 1.76. The van der Waals surface area contributed by atoms with Crippen LogP contribution in [0.25, 0.3) is 10.8 Å². The minimum atomic E-state index is -0.674. The summed E-state index contributed by atoms with van der Waals surface area (Å²) in [7, 11) is 0. The molecule has 3 aromatic rings. The maximum atomic E-state index is 12.1. The fraction of sp³-hybridized carbons (Fsp3) is 0.0526. The predicted octanol–water partition coefficient (Wildman–Crippen LogP) is 3.11. The van der Waals surface area contributed by atoms with Crippen LogP contribution in [-0.4, -0.2) is 26.9 Å². The van der Waals surface area contributed by atoms with E-state index in [4.69, 9.17) is 0 Å². The molecule has 6 nitrogen and oxygen atoms in total. The minimum absolute atomic E-state index is 0.0251. The number of nitrogens with zero attached hydrogens (tertiary/aromatic N) is 1. The average molecular weight is 336 g/mol. The van der Waals surface area contributed by atoms with E-state index >= 15 is 0 Å². The second-order valence-corrected chi connectivity index (χ2v) is 5.56. The van der Waals surface area contributed by atoms with E-state index in [1.807, 2.05) is 42.5 Å². The van der Waals surface area contributed by atoms with Crippen molar-refractivity contribution in [3.63, 3.8) is 0 Å². The van der Waals surface area contributed by atoms with Gasteiger partial charge in [-0.1, -0.05) is 36.4 Å². The number of fused-ring (bicyclic) bond motifs is 1. The lowest BCUT2D eigenvalue weighted by Crippen LogP contribution is -2.19. The molecule has 0 unspecified atom stereocenters. The van der Waals surface area contributed by atoms with Gasteiger partial charge in [-0.25, -0.2) is 5.43 Å². The zero-order chi connectivity index (χ0) is 18.0. The third kappa shape index (κ3) is 3.37. The van der Waals surface area contributed by atoms with Crippen molar-refractivity contribution >= 4 is 22.4 Å². The van der Waals surface area contributed by atoms with Gasteiger partial charge in [0.25, 0.3) is 5.91 Å². The summed E-state index contributed by atoms with van der Waals surface area (Å²) in [6, 6.07) is 15.9. The Morgan fingerprint density at radius 3 is 2.20 bits per heavy atom. The molecule has 0 aromatic heterocycles. The first-order valence-corrected chi connectivity index (χ1v) is 7.54. The Bertz CT molecular complexity index is 973. The Morgan fingerprint density at radius 2 is 1.52 bits per heavy atom. The highest BCUT2D eigenvalue weighted by atomic mass is 16.3. The molecule has 25 heavy (non-hydrogen) atoms. The topological polar surface area (TPSA) is 102 Å². The second-order valence-electron chi connectivity index (χ2n) is 5.56. The average Bonchev–Trinajstić information content (AvgIpc) is 2.63. The molecule has 0 fully saturated rings. The molecule has 0 saturated heterocycles. The number of hydrazone groups is 1. The summed E-state index contributed by atoms with van der Waals surface area (Å²) in [4.78, 5) is 12.1. The van der Waals surface area contributed by atoms with Gasteiger partial charge in [0, 0.05) is 5.56 Å². The van der Waals surface area contributed by atoms with E-state index in [0.29, 0.717) is 5.71 Å². The molecule has 126 valence electrons. The van der Waals surface area contributed by atoms with Gasteiger partial charge in [-0.2, -0.15) is 5.10 Å². The van der Waals surface area contributed by atoms with Crippen molar-refractivity contribution in [3.8, 4) is 17.2 Å². The van der Waals surface area contributed by atoms with Crippen molar-refractivity contribution in [1.29, 1.82) is 0 Å². The van der Waals surface area contributed by atoms with Crippen LogP contribution in [0, 0.1) is 0 Å². The van der Waals surface area contributed by atoms with Gasteiger partial charge in [0.1, 0.15) is 0 Å². The quantitative estimate of drug-likeness (QED) is 0.335. The zero-order valence-corrected chi connectivity index (χ0v) is 13.4. The number of hydrogen-bond acceptors (Lipinski definition) is 5. The Labute approximate surface area is 143 Å². The van der Waals surface area contributed by atoms with Crippen molar-refractivity contribution < 1.29 is 20.1 Å². The fourth-order valence-electron chi connectivity index (χ4n) is 2.41. The van der Waals surface area contributed by atoms with Gasteiger partial charge in [0.2, 0.25) is 0 Å². The first-order chi connectivity index (χ1) is 12.0. The van der Waals surface area contributed by atoms with Gasteiger partial charge in [-0.15, -0.1) is 0 Å². The number of phenolic OH excluding ortho intramolecular Hbond substituents is 3. The highest BCUT2D eigenvalue weighted by Crippen LogP contribution is 2.35. The van der Waals surface area contributed by atoms with Gasteiger partial charge >= 0.3 is 0 Å². The SMILES string of the molecule is C/C(=N\NC(=O)c1cc(O)c(O)c(O)c1)c1ccc2ccccc2c1.